The first-order valence-corrected chi connectivity index (χ1v) is 10.1. The monoisotopic (exact) mass is 369 g/mol. The Kier molecular flexibility index (Phi) is 9.12. The summed E-state index contributed by atoms with van der Waals surface area (Å²) in [5, 5.41) is 0. The van der Waals surface area contributed by atoms with Crippen LogP contribution in [0.15, 0.2) is 52.8 Å². The molecule has 1 heterocycles. The van der Waals surface area contributed by atoms with Crippen molar-refractivity contribution in [3.05, 3.63) is 53.4 Å². The first kappa shape index (κ1) is 21.2. The minimum absolute atomic E-state index is 0.510. The molecule has 0 radical (unpaired) electrons. The lowest BCUT2D eigenvalue weighted by Crippen LogP contribution is -2.34. The van der Waals surface area contributed by atoms with Crippen LogP contribution in [0.5, 0.6) is 5.75 Å². The maximum atomic E-state index is 6.07. The molecule has 0 unspecified atom stereocenters. The average Bonchev–Trinajstić information content (AvgIpc) is 2.70. The molecule has 0 aromatic heterocycles. The Labute approximate surface area is 165 Å². The van der Waals surface area contributed by atoms with E-state index < -0.39 is 0 Å². The molecule has 1 aliphatic heterocycles. The quantitative estimate of drug-likeness (QED) is 0.329. The Balaban J connectivity index is 2.01. The molecule has 0 N–H and O–H groups in total. The second-order valence-corrected chi connectivity index (χ2v) is 7.23. The largest absolute Gasteiger partial charge is 0.473 e. The highest BCUT2D eigenvalue weighted by atomic mass is 16.5. The number of piperidine rings is 1. The Morgan fingerprint density at radius 2 is 1.93 bits per heavy atom. The van der Waals surface area contributed by atoms with Crippen molar-refractivity contribution in [2.75, 3.05) is 32.9 Å². The molecular formula is C23H35N3O. The van der Waals surface area contributed by atoms with Crippen LogP contribution in [0.3, 0.4) is 0 Å². The Morgan fingerprint density at radius 1 is 1.22 bits per heavy atom. The highest BCUT2D eigenvalue weighted by Crippen LogP contribution is 2.18. The van der Waals surface area contributed by atoms with E-state index in [9.17, 15) is 0 Å². The van der Waals surface area contributed by atoms with Crippen LogP contribution in [0.4, 0.5) is 0 Å². The van der Waals surface area contributed by atoms with Gasteiger partial charge in [0.1, 0.15) is 5.75 Å². The molecule has 1 saturated heterocycles. The van der Waals surface area contributed by atoms with E-state index in [0.29, 0.717) is 6.73 Å². The number of benzene rings is 1. The summed E-state index contributed by atoms with van der Waals surface area (Å²) < 4.78 is 6.07. The molecule has 1 fully saturated rings. The fraction of sp³-hybridized carbons (Fsp3) is 0.522. The lowest BCUT2D eigenvalue weighted by Gasteiger charge is -2.30. The lowest BCUT2D eigenvalue weighted by molar-refractivity contribution is 0.150. The topological polar surface area (TPSA) is 28.1 Å². The summed E-state index contributed by atoms with van der Waals surface area (Å²) in [6, 6.07) is 8.21. The molecule has 0 aliphatic carbocycles. The zero-order chi connectivity index (χ0) is 19.5. The number of aryl methyl sites for hydroxylation is 1. The highest BCUT2D eigenvalue weighted by Gasteiger charge is 2.14. The number of allylic oxidation sites excluding steroid dienone is 3. The van der Waals surface area contributed by atoms with Gasteiger partial charge >= 0.3 is 0 Å². The third kappa shape index (κ3) is 7.22. The fourth-order valence-electron chi connectivity index (χ4n) is 3.40. The summed E-state index contributed by atoms with van der Waals surface area (Å²) in [6.07, 6.45) is 9.32. The maximum Gasteiger partial charge on any atom is 0.161 e. The summed E-state index contributed by atoms with van der Waals surface area (Å²) in [7, 11) is 0. The summed E-state index contributed by atoms with van der Waals surface area (Å²) in [5.74, 6) is 0.894. The van der Waals surface area contributed by atoms with Gasteiger partial charge in [0, 0.05) is 6.54 Å². The molecule has 0 bridgehead atoms. The summed E-state index contributed by atoms with van der Waals surface area (Å²) >= 11 is 0. The van der Waals surface area contributed by atoms with Crippen molar-refractivity contribution in [2.24, 2.45) is 4.99 Å². The normalized spacial score (nSPS) is 16.3. The molecule has 0 atom stereocenters. The van der Waals surface area contributed by atoms with Crippen LogP contribution in [-0.4, -0.2) is 49.4 Å². The zero-order valence-electron chi connectivity index (χ0n) is 17.3. The van der Waals surface area contributed by atoms with E-state index >= 15 is 0 Å². The van der Waals surface area contributed by atoms with Crippen molar-refractivity contribution in [1.82, 2.24) is 9.80 Å². The van der Waals surface area contributed by atoms with E-state index in [-0.39, 0.29) is 0 Å². The predicted octanol–water partition coefficient (Wildman–Crippen LogP) is 5.02. The molecule has 1 aromatic rings. The van der Waals surface area contributed by atoms with Gasteiger partial charge in [-0.25, -0.2) is 0 Å². The molecule has 0 amide bonds. The Morgan fingerprint density at radius 3 is 2.56 bits per heavy atom. The predicted molar refractivity (Wildman–Crippen MR) is 115 cm³/mol. The van der Waals surface area contributed by atoms with Gasteiger partial charge in [-0.1, -0.05) is 30.2 Å². The molecule has 0 saturated carbocycles. The van der Waals surface area contributed by atoms with Crippen molar-refractivity contribution >= 4 is 6.72 Å². The van der Waals surface area contributed by atoms with Crippen molar-refractivity contribution in [1.29, 1.82) is 0 Å². The van der Waals surface area contributed by atoms with Crippen molar-refractivity contribution < 1.29 is 4.74 Å². The van der Waals surface area contributed by atoms with E-state index in [4.69, 9.17) is 4.74 Å². The van der Waals surface area contributed by atoms with Gasteiger partial charge in [-0.3, -0.25) is 4.99 Å². The zero-order valence-corrected chi connectivity index (χ0v) is 17.3. The maximum absolute atomic E-state index is 6.07. The molecule has 1 aliphatic rings. The Hall–Kier alpha value is -2.07. The molecule has 4 nitrogen and oxygen atoms in total. The number of nitrogens with zero attached hydrogens (tertiary/aromatic N) is 3. The summed E-state index contributed by atoms with van der Waals surface area (Å²) in [6.45, 7) is 14.9. The summed E-state index contributed by atoms with van der Waals surface area (Å²) in [5.41, 5.74) is 3.25. The molecular weight excluding hydrogens is 334 g/mol. The van der Waals surface area contributed by atoms with E-state index in [1.807, 2.05) is 32.1 Å². The molecule has 27 heavy (non-hydrogen) atoms. The number of hydrogen-bond acceptors (Lipinski definition) is 4. The SMILES string of the molecule is C=N/C(C)=C(/C=C\C)N(CCCN1CCCCC1)COc1ccc(C)cc1. The molecule has 148 valence electrons. The van der Waals surface area contributed by atoms with Crippen LogP contribution in [-0.2, 0) is 0 Å². The van der Waals surface area contributed by atoms with Crippen molar-refractivity contribution in [3.8, 4) is 5.75 Å². The number of likely N-dealkylation sites (tertiary alicyclic amines) is 1. The standard InChI is InChI=1S/C23H35N3O/c1-5-10-23(21(3)24-4)26(18-9-17-25-15-7-6-8-16-25)19-27-22-13-11-20(2)12-14-22/h5,10-14H,4,6-9,15-19H2,1-3H3/b10-5-,23-21-. The van der Waals surface area contributed by atoms with Crippen LogP contribution in [0.1, 0.15) is 45.1 Å². The third-order valence-electron chi connectivity index (χ3n) is 5.03. The van der Waals surface area contributed by atoms with E-state index in [2.05, 4.69) is 46.6 Å². The minimum Gasteiger partial charge on any atom is -0.473 e. The van der Waals surface area contributed by atoms with Gasteiger partial charge in [0.15, 0.2) is 6.73 Å². The lowest BCUT2D eigenvalue weighted by atomic mass is 10.1. The van der Waals surface area contributed by atoms with Crippen LogP contribution in [0.2, 0.25) is 0 Å². The van der Waals surface area contributed by atoms with E-state index in [1.54, 1.807) is 0 Å². The van der Waals surface area contributed by atoms with Gasteiger partial charge < -0.3 is 14.5 Å². The van der Waals surface area contributed by atoms with Crippen molar-refractivity contribution in [3.63, 3.8) is 0 Å². The number of ether oxygens (including phenoxy) is 1. The van der Waals surface area contributed by atoms with Crippen molar-refractivity contribution in [2.45, 2.75) is 46.5 Å². The molecule has 0 spiro atoms. The average molecular weight is 370 g/mol. The number of aliphatic imine (C=N–C) groups is 1. The smallest absolute Gasteiger partial charge is 0.161 e. The van der Waals surface area contributed by atoms with Gasteiger partial charge in [0.05, 0.1) is 11.4 Å². The van der Waals surface area contributed by atoms with E-state index in [0.717, 1.165) is 36.7 Å². The second kappa shape index (κ2) is 11.6. The van der Waals surface area contributed by atoms with E-state index in [1.165, 1.54) is 37.9 Å². The van der Waals surface area contributed by atoms with Gasteiger partial charge in [-0.15, -0.1) is 0 Å². The third-order valence-corrected chi connectivity index (χ3v) is 5.03. The molecule has 4 heteroatoms. The first-order valence-electron chi connectivity index (χ1n) is 10.1. The minimum atomic E-state index is 0.510. The molecule has 2 rings (SSSR count). The van der Waals surface area contributed by atoms with Gasteiger partial charge in [0.25, 0.3) is 0 Å². The molecule has 1 aromatic carbocycles. The highest BCUT2D eigenvalue weighted by molar-refractivity contribution is 5.33. The second-order valence-electron chi connectivity index (χ2n) is 7.23. The number of rotatable bonds is 10. The van der Waals surface area contributed by atoms with Crippen LogP contribution >= 0.6 is 0 Å². The first-order chi connectivity index (χ1) is 13.1. The van der Waals surface area contributed by atoms with Crippen LogP contribution in [0, 0.1) is 6.92 Å². The summed E-state index contributed by atoms with van der Waals surface area (Å²) in [4.78, 5) is 9.02. The van der Waals surface area contributed by atoms with Gasteiger partial charge in [0.2, 0.25) is 0 Å². The van der Waals surface area contributed by atoms with Gasteiger partial charge in [-0.05, 0) is 84.6 Å². The van der Waals surface area contributed by atoms with Crippen LogP contribution < -0.4 is 4.74 Å². The fourth-order valence-corrected chi connectivity index (χ4v) is 3.40. The van der Waals surface area contributed by atoms with Gasteiger partial charge in [-0.2, -0.15) is 0 Å². The van der Waals surface area contributed by atoms with Crippen LogP contribution in [0.25, 0.3) is 0 Å². The Bertz CT molecular complexity index is 628. The number of hydrogen-bond donors (Lipinski definition) is 0.